The average molecular weight is 228 g/mol. The lowest BCUT2D eigenvalue weighted by atomic mass is 9.63. The van der Waals surface area contributed by atoms with Crippen LogP contribution in [0.3, 0.4) is 0 Å². The van der Waals surface area contributed by atoms with E-state index in [2.05, 4.69) is 13.8 Å². The number of ketones is 1. The molecule has 1 rings (SSSR count). The smallest absolute Gasteiger partial charge is 0.136 e. The van der Waals surface area contributed by atoms with Gasteiger partial charge < -0.3 is 5.11 Å². The maximum atomic E-state index is 11.7. The van der Waals surface area contributed by atoms with E-state index in [0.29, 0.717) is 0 Å². The number of carbonyl (C=O) groups excluding carboxylic acids is 1. The van der Waals surface area contributed by atoms with Gasteiger partial charge in [0.25, 0.3) is 0 Å². The monoisotopic (exact) mass is 228 g/mol. The van der Waals surface area contributed by atoms with E-state index in [-0.39, 0.29) is 28.6 Å². The summed E-state index contributed by atoms with van der Waals surface area (Å²) in [4.78, 5) is 11.7. The molecule has 2 heteroatoms. The van der Waals surface area contributed by atoms with Crippen LogP contribution < -0.4 is 0 Å². The second-order valence-corrected chi connectivity index (χ2v) is 5.50. The molecule has 3 unspecified atom stereocenters. The molecule has 0 aromatic rings. The number of hydrogen-bond acceptors (Lipinski definition) is 2. The highest BCUT2D eigenvalue weighted by Gasteiger charge is 2.55. The first-order valence-electron chi connectivity index (χ1n) is 6.42. The van der Waals surface area contributed by atoms with Gasteiger partial charge in [0, 0.05) is 5.41 Å². The Morgan fingerprint density at radius 3 is 1.94 bits per heavy atom. The van der Waals surface area contributed by atoms with Crippen LogP contribution >= 0.6 is 0 Å². The molecule has 1 aliphatic rings. The Balaban J connectivity index is 0.00000106. The van der Waals surface area contributed by atoms with E-state index >= 15 is 0 Å². The number of carbonyl (C=O) groups is 1. The molecule has 16 heavy (non-hydrogen) atoms. The molecule has 0 bridgehead atoms. The molecule has 0 amide bonds. The molecule has 0 heterocycles. The fourth-order valence-electron chi connectivity index (χ4n) is 3.01. The molecule has 1 N–H and O–H groups in total. The number of aliphatic hydroxyl groups excluding tert-OH is 1. The average Bonchev–Trinajstić information content (AvgIpc) is 2.42. The molecule has 0 saturated heterocycles. The second-order valence-electron chi connectivity index (χ2n) is 5.50. The molecule has 2 nitrogen and oxygen atoms in total. The van der Waals surface area contributed by atoms with E-state index in [1.54, 1.807) is 6.92 Å². The number of rotatable bonds is 2. The van der Waals surface area contributed by atoms with Gasteiger partial charge in [0.1, 0.15) is 5.78 Å². The Labute approximate surface area is 100 Å². The predicted molar refractivity (Wildman–Crippen MR) is 68.3 cm³/mol. The Hall–Kier alpha value is -0.370. The quantitative estimate of drug-likeness (QED) is 0.786. The normalized spacial score (nSPS) is 33.9. The van der Waals surface area contributed by atoms with Crippen LogP contribution in [-0.4, -0.2) is 17.0 Å². The van der Waals surface area contributed by atoms with E-state index in [9.17, 15) is 9.90 Å². The first-order chi connectivity index (χ1) is 7.23. The molecular formula is C14H28O2. The summed E-state index contributed by atoms with van der Waals surface area (Å²) in [5.74, 6) is 0.502. The summed E-state index contributed by atoms with van der Waals surface area (Å²) in [5, 5.41) is 9.69. The van der Waals surface area contributed by atoms with E-state index in [4.69, 9.17) is 0 Å². The van der Waals surface area contributed by atoms with Gasteiger partial charge in [-0.2, -0.15) is 0 Å². The minimum absolute atomic E-state index is 0.0903. The summed E-state index contributed by atoms with van der Waals surface area (Å²) in [6.45, 7) is 13.8. The van der Waals surface area contributed by atoms with Crippen LogP contribution in [0.2, 0.25) is 0 Å². The summed E-state index contributed by atoms with van der Waals surface area (Å²) >= 11 is 0. The Bertz CT molecular complexity index is 243. The molecule has 1 saturated carbocycles. The van der Waals surface area contributed by atoms with Crippen molar-refractivity contribution in [1.29, 1.82) is 0 Å². The topological polar surface area (TPSA) is 37.3 Å². The number of aliphatic hydroxyl groups is 1. The molecule has 1 aliphatic carbocycles. The van der Waals surface area contributed by atoms with Gasteiger partial charge in [-0.25, -0.2) is 0 Å². The fourth-order valence-corrected chi connectivity index (χ4v) is 3.01. The van der Waals surface area contributed by atoms with E-state index in [1.165, 1.54) is 0 Å². The van der Waals surface area contributed by atoms with Gasteiger partial charge in [-0.3, -0.25) is 4.79 Å². The van der Waals surface area contributed by atoms with Crippen molar-refractivity contribution >= 4 is 5.78 Å². The summed E-state index contributed by atoms with van der Waals surface area (Å²) in [7, 11) is 0. The van der Waals surface area contributed by atoms with Crippen molar-refractivity contribution in [2.24, 2.45) is 16.7 Å². The van der Waals surface area contributed by atoms with Crippen LogP contribution in [0.5, 0.6) is 0 Å². The predicted octanol–water partition coefficient (Wildman–Crippen LogP) is 3.42. The van der Waals surface area contributed by atoms with Crippen molar-refractivity contribution in [1.82, 2.24) is 0 Å². The van der Waals surface area contributed by atoms with Crippen molar-refractivity contribution in [2.45, 2.75) is 67.4 Å². The molecule has 1 fully saturated rings. The lowest BCUT2D eigenvalue weighted by Crippen LogP contribution is -2.42. The van der Waals surface area contributed by atoms with Crippen LogP contribution in [0.15, 0.2) is 0 Å². The summed E-state index contributed by atoms with van der Waals surface area (Å²) in [5.41, 5.74) is -0.346. The number of hydrogen-bond donors (Lipinski definition) is 1. The zero-order chi connectivity index (χ0) is 13.1. The minimum Gasteiger partial charge on any atom is -0.393 e. The zero-order valence-electron chi connectivity index (χ0n) is 11.9. The van der Waals surface area contributed by atoms with Crippen molar-refractivity contribution < 1.29 is 9.90 Å². The molecule has 0 radical (unpaired) electrons. The molecular weight excluding hydrogens is 200 g/mol. The molecule has 0 aromatic carbocycles. The van der Waals surface area contributed by atoms with Crippen LogP contribution in [0.4, 0.5) is 0 Å². The Kier molecular flexibility index (Phi) is 5.18. The van der Waals surface area contributed by atoms with Gasteiger partial charge in [0.05, 0.1) is 6.10 Å². The standard InChI is InChI=1S/C12H22O2.C2H6/c1-8(13)10-6-7-12(5,9(2)14)11(10,3)4;1-2/h8,10,13H,6-7H2,1-5H3;1-2H3. The van der Waals surface area contributed by atoms with Crippen LogP contribution in [0, 0.1) is 16.7 Å². The molecule has 0 aromatic heterocycles. The highest BCUT2D eigenvalue weighted by Crippen LogP contribution is 2.57. The van der Waals surface area contributed by atoms with Gasteiger partial charge in [-0.1, -0.05) is 34.6 Å². The third-order valence-corrected chi connectivity index (χ3v) is 4.66. The van der Waals surface area contributed by atoms with Gasteiger partial charge >= 0.3 is 0 Å². The van der Waals surface area contributed by atoms with Gasteiger partial charge in [0.2, 0.25) is 0 Å². The third kappa shape index (κ3) is 2.32. The maximum Gasteiger partial charge on any atom is 0.136 e. The van der Waals surface area contributed by atoms with E-state index in [1.807, 2.05) is 27.7 Å². The largest absolute Gasteiger partial charge is 0.393 e. The Morgan fingerprint density at radius 2 is 1.75 bits per heavy atom. The molecule has 0 spiro atoms. The SMILES string of the molecule is CC.CC(=O)C1(C)CCC(C(C)O)C1(C)C. The number of Topliss-reactive ketones (excluding diaryl/α,β-unsaturated/α-hetero) is 1. The highest BCUT2D eigenvalue weighted by molar-refractivity contribution is 5.83. The lowest BCUT2D eigenvalue weighted by molar-refractivity contribution is -0.132. The molecule has 96 valence electrons. The first-order valence-corrected chi connectivity index (χ1v) is 6.42. The maximum absolute atomic E-state index is 11.7. The van der Waals surface area contributed by atoms with Gasteiger partial charge in [-0.05, 0) is 38.0 Å². The second kappa shape index (κ2) is 5.31. The van der Waals surface area contributed by atoms with Crippen molar-refractivity contribution in [3.8, 4) is 0 Å². The van der Waals surface area contributed by atoms with E-state index in [0.717, 1.165) is 12.8 Å². The Morgan fingerprint density at radius 1 is 1.31 bits per heavy atom. The fraction of sp³-hybridized carbons (Fsp3) is 0.929. The molecule has 3 atom stereocenters. The first kappa shape index (κ1) is 15.6. The zero-order valence-corrected chi connectivity index (χ0v) is 11.9. The summed E-state index contributed by atoms with van der Waals surface area (Å²) < 4.78 is 0. The van der Waals surface area contributed by atoms with Crippen molar-refractivity contribution in [3.05, 3.63) is 0 Å². The van der Waals surface area contributed by atoms with Gasteiger partial charge in [0.15, 0.2) is 0 Å². The van der Waals surface area contributed by atoms with E-state index < -0.39 is 0 Å². The lowest BCUT2D eigenvalue weighted by Gasteiger charge is -2.41. The summed E-state index contributed by atoms with van der Waals surface area (Å²) in [6, 6.07) is 0. The van der Waals surface area contributed by atoms with Crippen molar-refractivity contribution in [2.75, 3.05) is 0 Å². The van der Waals surface area contributed by atoms with Crippen LogP contribution in [0.1, 0.15) is 61.3 Å². The minimum atomic E-state index is -0.314. The summed E-state index contributed by atoms with van der Waals surface area (Å²) in [6.07, 6.45) is 1.55. The third-order valence-electron chi connectivity index (χ3n) is 4.66. The van der Waals surface area contributed by atoms with Crippen LogP contribution in [-0.2, 0) is 4.79 Å². The van der Waals surface area contributed by atoms with Crippen LogP contribution in [0.25, 0.3) is 0 Å². The highest BCUT2D eigenvalue weighted by atomic mass is 16.3. The van der Waals surface area contributed by atoms with Gasteiger partial charge in [-0.15, -0.1) is 0 Å². The van der Waals surface area contributed by atoms with Crippen molar-refractivity contribution in [3.63, 3.8) is 0 Å². The molecule has 0 aliphatic heterocycles.